The number of benzene rings is 1. The molecule has 2 aromatic rings. The van der Waals surface area contributed by atoms with E-state index in [1.807, 2.05) is 19.1 Å². The Balaban J connectivity index is 1.85. The van der Waals surface area contributed by atoms with Crippen LogP contribution in [0.25, 0.3) is 0 Å². The maximum Gasteiger partial charge on any atom is 0.275 e. The minimum absolute atomic E-state index is 0.0452. The van der Waals surface area contributed by atoms with Gasteiger partial charge in [0, 0.05) is 22.9 Å². The van der Waals surface area contributed by atoms with Gasteiger partial charge in [-0.3, -0.25) is 14.7 Å². The van der Waals surface area contributed by atoms with Gasteiger partial charge < -0.3 is 9.80 Å². The first-order chi connectivity index (χ1) is 12.5. The first-order valence-corrected chi connectivity index (χ1v) is 9.26. The van der Waals surface area contributed by atoms with E-state index in [-0.39, 0.29) is 24.4 Å². The number of halogens is 1. The summed E-state index contributed by atoms with van der Waals surface area (Å²) in [6.45, 7) is 4.48. The molecule has 1 N–H and O–H groups in total. The first kappa shape index (κ1) is 18.5. The number of carbonyl (C=O) groups excluding carboxylic acids is 2. The van der Waals surface area contributed by atoms with Gasteiger partial charge >= 0.3 is 0 Å². The number of carbonyl (C=O) groups is 2. The smallest absolute Gasteiger partial charge is 0.275 e. The van der Waals surface area contributed by atoms with Crippen LogP contribution in [-0.4, -0.2) is 46.0 Å². The van der Waals surface area contributed by atoms with E-state index >= 15 is 0 Å². The highest BCUT2D eigenvalue weighted by Crippen LogP contribution is 2.26. The van der Waals surface area contributed by atoms with Crippen molar-refractivity contribution >= 4 is 29.1 Å². The van der Waals surface area contributed by atoms with Crippen LogP contribution in [0.5, 0.6) is 0 Å². The standard InChI is InChI=1S/C19H23ClN4O2/c1-3-4-7-16-11-23(15-8-5-6-14(20)10-15)18(25)12-24(16)19(26)17-9-13(2)21-22-17/h5-6,8-10,16H,3-4,7,11-12H2,1-2H3,(H,21,22)/t16-/m0/s1. The lowest BCUT2D eigenvalue weighted by Crippen LogP contribution is -2.58. The topological polar surface area (TPSA) is 69.3 Å². The van der Waals surface area contributed by atoms with Gasteiger partial charge in [0.2, 0.25) is 5.91 Å². The van der Waals surface area contributed by atoms with E-state index in [0.717, 1.165) is 30.6 Å². The van der Waals surface area contributed by atoms with E-state index in [1.54, 1.807) is 28.0 Å². The maximum absolute atomic E-state index is 12.9. The van der Waals surface area contributed by atoms with Gasteiger partial charge in [-0.1, -0.05) is 37.4 Å². The number of hydrogen-bond donors (Lipinski definition) is 1. The Morgan fingerprint density at radius 2 is 2.19 bits per heavy atom. The van der Waals surface area contributed by atoms with Crippen molar-refractivity contribution in [1.29, 1.82) is 0 Å². The fourth-order valence-corrected chi connectivity index (χ4v) is 3.45. The van der Waals surface area contributed by atoms with Crippen molar-refractivity contribution in [3.8, 4) is 0 Å². The molecule has 0 aliphatic carbocycles. The van der Waals surface area contributed by atoms with Crippen molar-refractivity contribution in [3.05, 3.63) is 46.7 Å². The van der Waals surface area contributed by atoms with Crippen LogP contribution in [0.3, 0.4) is 0 Å². The van der Waals surface area contributed by atoms with Gasteiger partial charge in [-0.05, 0) is 37.6 Å². The van der Waals surface area contributed by atoms with Crippen LogP contribution in [0.1, 0.15) is 42.4 Å². The van der Waals surface area contributed by atoms with Gasteiger partial charge in [0.05, 0.1) is 6.04 Å². The Hall–Kier alpha value is -2.34. The molecule has 0 unspecified atom stereocenters. The van der Waals surface area contributed by atoms with Crippen LogP contribution >= 0.6 is 11.6 Å². The predicted molar refractivity (Wildman–Crippen MR) is 101 cm³/mol. The minimum atomic E-state index is -0.199. The van der Waals surface area contributed by atoms with E-state index in [9.17, 15) is 9.59 Å². The molecular weight excluding hydrogens is 352 g/mol. The average molecular weight is 375 g/mol. The quantitative estimate of drug-likeness (QED) is 0.871. The summed E-state index contributed by atoms with van der Waals surface area (Å²) >= 11 is 6.08. The van der Waals surface area contributed by atoms with Crippen LogP contribution in [0, 0.1) is 6.92 Å². The van der Waals surface area contributed by atoms with Crippen LogP contribution in [0.4, 0.5) is 5.69 Å². The number of nitrogens with zero attached hydrogens (tertiary/aromatic N) is 3. The van der Waals surface area contributed by atoms with Crippen LogP contribution < -0.4 is 4.90 Å². The SMILES string of the molecule is CCCC[C@H]1CN(c2cccc(Cl)c2)C(=O)CN1C(=O)c1cc(C)[nH]n1. The lowest BCUT2D eigenvalue weighted by atomic mass is 10.0. The third-order valence-corrected chi connectivity index (χ3v) is 4.87. The predicted octanol–water partition coefficient (Wildman–Crippen LogP) is 3.42. The highest BCUT2D eigenvalue weighted by atomic mass is 35.5. The number of rotatable bonds is 5. The lowest BCUT2D eigenvalue weighted by Gasteiger charge is -2.41. The number of nitrogens with one attached hydrogen (secondary N) is 1. The second kappa shape index (κ2) is 7.91. The third kappa shape index (κ3) is 3.90. The highest BCUT2D eigenvalue weighted by Gasteiger charge is 2.36. The molecule has 138 valence electrons. The Labute approximate surface area is 158 Å². The summed E-state index contributed by atoms with van der Waals surface area (Å²) in [4.78, 5) is 29.0. The van der Waals surface area contributed by atoms with Gasteiger partial charge in [0.25, 0.3) is 5.91 Å². The Morgan fingerprint density at radius 3 is 2.85 bits per heavy atom. The molecule has 1 atom stereocenters. The third-order valence-electron chi connectivity index (χ3n) is 4.64. The monoisotopic (exact) mass is 374 g/mol. The van der Waals surface area contributed by atoms with E-state index in [2.05, 4.69) is 17.1 Å². The zero-order chi connectivity index (χ0) is 18.7. The number of aromatic amines is 1. The molecule has 2 heterocycles. The molecule has 1 aliphatic heterocycles. The fourth-order valence-electron chi connectivity index (χ4n) is 3.26. The molecule has 1 aromatic heterocycles. The molecule has 0 bridgehead atoms. The number of anilines is 1. The largest absolute Gasteiger partial charge is 0.323 e. The Morgan fingerprint density at radius 1 is 1.38 bits per heavy atom. The van der Waals surface area contributed by atoms with Crippen molar-refractivity contribution in [3.63, 3.8) is 0 Å². The van der Waals surface area contributed by atoms with Crippen molar-refractivity contribution in [1.82, 2.24) is 15.1 Å². The summed E-state index contributed by atoms with van der Waals surface area (Å²) in [6, 6.07) is 8.93. The van der Waals surface area contributed by atoms with Crippen LogP contribution in [0.15, 0.2) is 30.3 Å². The molecule has 0 radical (unpaired) electrons. The number of piperazine rings is 1. The summed E-state index contributed by atoms with van der Waals surface area (Å²) in [5, 5.41) is 7.44. The van der Waals surface area contributed by atoms with Gasteiger partial charge in [0.15, 0.2) is 0 Å². The number of aromatic nitrogens is 2. The maximum atomic E-state index is 12.9. The summed E-state index contributed by atoms with van der Waals surface area (Å²) in [7, 11) is 0. The number of amides is 2. The molecule has 0 saturated carbocycles. The zero-order valence-electron chi connectivity index (χ0n) is 15.0. The summed E-state index contributed by atoms with van der Waals surface area (Å²) in [5.41, 5.74) is 1.95. The first-order valence-electron chi connectivity index (χ1n) is 8.88. The average Bonchev–Trinajstić information content (AvgIpc) is 3.06. The molecule has 26 heavy (non-hydrogen) atoms. The molecule has 6 nitrogen and oxygen atoms in total. The van der Waals surface area contributed by atoms with Gasteiger partial charge in [-0.25, -0.2) is 0 Å². The Bertz CT molecular complexity index is 804. The van der Waals surface area contributed by atoms with Crippen molar-refractivity contribution in [2.24, 2.45) is 0 Å². The number of unbranched alkanes of at least 4 members (excludes halogenated alkanes) is 1. The molecule has 1 saturated heterocycles. The summed E-state index contributed by atoms with van der Waals surface area (Å²) < 4.78 is 0. The molecule has 0 spiro atoms. The van der Waals surface area contributed by atoms with E-state index < -0.39 is 0 Å². The number of H-pyrrole nitrogens is 1. The van der Waals surface area contributed by atoms with Crippen LogP contribution in [0.2, 0.25) is 5.02 Å². The van der Waals surface area contributed by atoms with E-state index in [1.165, 1.54) is 0 Å². The molecular formula is C19H23ClN4O2. The Kier molecular flexibility index (Phi) is 5.61. The van der Waals surface area contributed by atoms with Crippen molar-refractivity contribution < 1.29 is 9.59 Å². The van der Waals surface area contributed by atoms with E-state index in [4.69, 9.17) is 11.6 Å². The lowest BCUT2D eigenvalue weighted by molar-refractivity contribution is -0.121. The van der Waals surface area contributed by atoms with Crippen molar-refractivity contribution in [2.45, 2.75) is 39.2 Å². The van der Waals surface area contributed by atoms with Crippen molar-refractivity contribution in [2.75, 3.05) is 18.0 Å². The molecule has 1 fully saturated rings. The minimum Gasteiger partial charge on any atom is -0.323 e. The molecule has 7 heteroatoms. The molecule has 2 amide bonds. The molecule has 3 rings (SSSR count). The summed E-state index contributed by atoms with van der Waals surface area (Å²) in [5.74, 6) is -0.310. The fraction of sp³-hybridized carbons (Fsp3) is 0.421. The highest BCUT2D eigenvalue weighted by molar-refractivity contribution is 6.30. The number of aryl methyl sites for hydroxylation is 1. The molecule has 1 aromatic carbocycles. The number of hydrogen-bond acceptors (Lipinski definition) is 3. The second-order valence-corrected chi connectivity index (χ2v) is 7.09. The summed E-state index contributed by atoms with van der Waals surface area (Å²) in [6.07, 6.45) is 2.87. The van der Waals surface area contributed by atoms with Gasteiger partial charge in [0.1, 0.15) is 12.2 Å². The zero-order valence-corrected chi connectivity index (χ0v) is 15.8. The van der Waals surface area contributed by atoms with Gasteiger partial charge in [-0.2, -0.15) is 5.10 Å². The van der Waals surface area contributed by atoms with Gasteiger partial charge in [-0.15, -0.1) is 0 Å². The second-order valence-electron chi connectivity index (χ2n) is 6.65. The molecule has 1 aliphatic rings. The van der Waals surface area contributed by atoms with E-state index in [0.29, 0.717) is 17.3 Å². The van der Waals surface area contributed by atoms with Crippen LogP contribution in [-0.2, 0) is 4.79 Å². The normalized spacial score (nSPS) is 17.7.